The highest BCUT2D eigenvalue weighted by atomic mass is 16.6. The molecule has 2 heterocycles. The lowest BCUT2D eigenvalue weighted by Gasteiger charge is -2.27. The van der Waals surface area contributed by atoms with Crippen molar-refractivity contribution >= 4 is 6.09 Å². The van der Waals surface area contributed by atoms with Crippen LogP contribution in [0.25, 0.3) is 0 Å². The number of nitrogens with zero attached hydrogens (tertiary/aromatic N) is 2. The van der Waals surface area contributed by atoms with E-state index in [-0.39, 0.29) is 12.2 Å². The summed E-state index contributed by atoms with van der Waals surface area (Å²) in [7, 11) is 0. The molecule has 21 heavy (non-hydrogen) atoms. The molecule has 2 aliphatic rings. The number of hydrogen-bond donors (Lipinski definition) is 0. The molecule has 0 bridgehead atoms. The van der Waals surface area contributed by atoms with E-state index in [4.69, 9.17) is 14.2 Å². The number of likely N-dealkylation sites (tertiary alicyclic amines) is 1. The first-order valence-corrected chi connectivity index (χ1v) is 7.84. The normalized spacial score (nSPS) is 24.3. The Balaban J connectivity index is 1.62. The second-order valence-electron chi connectivity index (χ2n) is 6.66. The van der Waals surface area contributed by atoms with E-state index < -0.39 is 5.60 Å². The van der Waals surface area contributed by atoms with Crippen LogP contribution in [0, 0.1) is 0 Å². The molecular formula is C15H28N2O4. The summed E-state index contributed by atoms with van der Waals surface area (Å²) in [5.74, 6) is 0. The lowest BCUT2D eigenvalue weighted by atomic mass is 10.2. The van der Waals surface area contributed by atoms with Crippen molar-refractivity contribution in [2.75, 3.05) is 52.5 Å². The first kappa shape index (κ1) is 16.5. The van der Waals surface area contributed by atoms with E-state index in [1.807, 2.05) is 20.8 Å². The zero-order valence-corrected chi connectivity index (χ0v) is 13.5. The van der Waals surface area contributed by atoms with Gasteiger partial charge >= 0.3 is 6.09 Å². The average molecular weight is 300 g/mol. The SMILES string of the molecule is CC(C)(C)OC(=O)N1CC[C@@H](OCCN2CCOCC2)C1. The van der Waals surface area contributed by atoms with Gasteiger partial charge in [-0.05, 0) is 27.2 Å². The van der Waals surface area contributed by atoms with Crippen LogP contribution in [0.5, 0.6) is 0 Å². The van der Waals surface area contributed by atoms with Crippen molar-refractivity contribution in [3.05, 3.63) is 0 Å². The monoisotopic (exact) mass is 300 g/mol. The predicted molar refractivity (Wildman–Crippen MR) is 79.4 cm³/mol. The Kier molecular flexibility index (Phi) is 5.84. The minimum Gasteiger partial charge on any atom is -0.444 e. The average Bonchev–Trinajstić information content (AvgIpc) is 2.87. The van der Waals surface area contributed by atoms with E-state index in [1.165, 1.54) is 0 Å². The number of hydrogen-bond acceptors (Lipinski definition) is 5. The van der Waals surface area contributed by atoms with E-state index in [2.05, 4.69) is 4.90 Å². The molecule has 6 nitrogen and oxygen atoms in total. The molecule has 0 unspecified atom stereocenters. The van der Waals surface area contributed by atoms with Crippen molar-refractivity contribution < 1.29 is 19.0 Å². The first-order valence-electron chi connectivity index (χ1n) is 7.84. The number of morpholine rings is 1. The van der Waals surface area contributed by atoms with Crippen molar-refractivity contribution in [1.29, 1.82) is 0 Å². The van der Waals surface area contributed by atoms with Gasteiger partial charge in [0.15, 0.2) is 0 Å². The third-order valence-electron chi connectivity index (χ3n) is 3.66. The fourth-order valence-corrected chi connectivity index (χ4v) is 2.53. The quantitative estimate of drug-likeness (QED) is 0.784. The van der Waals surface area contributed by atoms with Crippen LogP contribution in [0.3, 0.4) is 0 Å². The van der Waals surface area contributed by atoms with Gasteiger partial charge in [0.25, 0.3) is 0 Å². The van der Waals surface area contributed by atoms with Gasteiger partial charge in [-0.3, -0.25) is 4.90 Å². The molecule has 2 rings (SSSR count). The molecule has 0 aliphatic carbocycles. The molecule has 2 saturated heterocycles. The van der Waals surface area contributed by atoms with E-state index in [9.17, 15) is 4.79 Å². The van der Waals surface area contributed by atoms with Crippen LogP contribution in [-0.4, -0.2) is 80.1 Å². The molecule has 0 N–H and O–H groups in total. The number of carbonyl (C=O) groups excluding carboxylic acids is 1. The molecule has 1 atom stereocenters. The Morgan fingerprint density at radius 3 is 2.62 bits per heavy atom. The summed E-state index contributed by atoms with van der Waals surface area (Å²) in [6, 6.07) is 0. The van der Waals surface area contributed by atoms with Crippen molar-refractivity contribution in [3.63, 3.8) is 0 Å². The van der Waals surface area contributed by atoms with Gasteiger partial charge in [0.2, 0.25) is 0 Å². The number of ether oxygens (including phenoxy) is 3. The maximum absolute atomic E-state index is 12.0. The summed E-state index contributed by atoms with van der Waals surface area (Å²) < 4.78 is 16.6. The predicted octanol–water partition coefficient (Wildman–Crippen LogP) is 1.34. The Hall–Kier alpha value is -0.850. The van der Waals surface area contributed by atoms with Gasteiger partial charge < -0.3 is 19.1 Å². The van der Waals surface area contributed by atoms with Crippen LogP contribution in [0.4, 0.5) is 4.79 Å². The van der Waals surface area contributed by atoms with Crippen molar-refractivity contribution in [2.24, 2.45) is 0 Å². The molecule has 0 aromatic rings. The molecule has 0 saturated carbocycles. The standard InChI is InChI=1S/C15H28N2O4/c1-15(2,3)21-14(18)17-5-4-13(12-17)20-11-8-16-6-9-19-10-7-16/h13H,4-12H2,1-3H3/t13-/m1/s1. The Morgan fingerprint density at radius 1 is 1.24 bits per heavy atom. The third kappa shape index (κ3) is 5.80. The highest BCUT2D eigenvalue weighted by molar-refractivity contribution is 5.68. The van der Waals surface area contributed by atoms with Gasteiger partial charge in [-0.2, -0.15) is 0 Å². The fraction of sp³-hybridized carbons (Fsp3) is 0.933. The van der Waals surface area contributed by atoms with Crippen LogP contribution in [0.1, 0.15) is 27.2 Å². The van der Waals surface area contributed by atoms with Gasteiger partial charge in [-0.15, -0.1) is 0 Å². The molecule has 0 aromatic carbocycles. The van der Waals surface area contributed by atoms with E-state index >= 15 is 0 Å². The Labute approximate surface area is 127 Å². The lowest BCUT2D eigenvalue weighted by Crippen LogP contribution is -2.39. The lowest BCUT2D eigenvalue weighted by molar-refractivity contribution is 0.000604. The number of carbonyl (C=O) groups is 1. The second-order valence-corrected chi connectivity index (χ2v) is 6.66. The number of amides is 1. The Morgan fingerprint density at radius 2 is 1.95 bits per heavy atom. The second kappa shape index (κ2) is 7.42. The molecule has 0 aromatic heterocycles. The van der Waals surface area contributed by atoms with Gasteiger partial charge in [0.1, 0.15) is 5.60 Å². The fourth-order valence-electron chi connectivity index (χ4n) is 2.53. The van der Waals surface area contributed by atoms with Gasteiger partial charge in [0, 0.05) is 26.2 Å². The minimum atomic E-state index is -0.438. The molecule has 122 valence electrons. The van der Waals surface area contributed by atoms with Gasteiger partial charge in [-0.1, -0.05) is 0 Å². The zero-order valence-electron chi connectivity index (χ0n) is 13.5. The van der Waals surface area contributed by atoms with Crippen LogP contribution in [-0.2, 0) is 14.2 Å². The largest absolute Gasteiger partial charge is 0.444 e. The van der Waals surface area contributed by atoms with E-state index in [0.717, 1.165) is 45.8 Å². The molecule has 2 fully saturated rings. The third-order valence-corrected chi connectivity index (χ3v) is 3.66. The molecule has 0 spiro atoms. The zero-order chi connectivity index (χ0) is 15.3. The highest BCUT2D eigenvalue weighted by Gasteiger charge is 2.30. The van der Waals surface area contributed by atoms with Crippen LogP contribution < -0.4 is 0 Å². The molecular weight excluding hydrogens is 272 g/mol. The summed E-state index contributed by atoms with van der Waals surface area (Å²) in [6.07, 6.45) is 0.794. The summed E-state index contributed by atoms with van der Waals surface area (Å²) in [5, 5.41) is 0. The maximum atomic E-state index is 12.0. The molecule has 1 amide bonds. The summed E-state index contributed by atoms with van der Waals surface area (Å²) in [6.45, 7) is 12.3. The van der Waals surface area contributed by atoms with Crippen molar-refractivity contribution in [3.8, 4) is 0 Å². The minimum absolute atomic E-state index is 0.138. The van der Waals surface area contributed by atoms with Crippen LogP contribution >= 0.6 is 0 Å². The molecule has 6 heteroatoms. The number of rotatable bonds is 4. The summed E-state index contributed by atoms with van der Waals surface area (Å²) in [5.41, 5.74) is -0.438. The van der Waals surface area contributed by atoms with Gasteiger partial charge in [0.05, 0.1) is 32.5 Å². The van der Waals surface area contributed by atoms with Crippen molar-refractivity contribution in [2.45, 2.75) is 38.9 Å². The first-order chi connectivity index (χ1) is 9.94. The summed E-state index contributed by atoms with van der Waals surface area (Å²) >= 11 is 0. The molecule has 2 aliphatic heterocycles. The van der Waals surface area contributed by atoms with Crippen LogP contribution in [0.15, 0.2) is 0 Å². The van der Waals surface area contributed by atoms with Gasteiger partial charge in [-0.25, -0.2) is 4.79 Å². The molecule has 0 radical (unpaired) electrons. The topological polar surface area (TPSA) is 51.2 Å². The van der Waals surface area contributed by atoms with E-state index in [0.29, 0.717) is 13.2 Å². The smallest absolute Gasteiger partial charge is 0.410 e. The highest BCUT2D eigenvalue weighted by Crippen LogP contribution is 2.17. The van der Waals surface area contributed by atoms with Crippen LogP contribution in [0.2, 0.25) is 0 Å². The Bertz CT molecular complexity index is 337. The van der Waals surface area contributed by atoms with Crippen molar-refractivity contribution in [1.82, 2.24) is 9.80 Å². The maximum Gasteiger partial charge on any atom is 0.410 e. The summed E-state index contributed by atoms with van der Waals surface area (Å²) in [4.78, 5) is 16.0. The van der Waals surface area contributed by atoms with E-state index in [1.54, 1.807) is 4.90 Å².